The van der Waals surface area contributed by atoms with E-state index in [2.05, 4.69) is 0 Å². The Morgan fingerprint density at radius 1 is 1.55 bits per heavy atom. The molecule has 1 aliphatic carbocycles. The summed E-state index contributed by atoms with van der Waals surface area (Å²) in [4.78, 5) is 23.7. The van der Waals surface area contributed by atoms with Crippen LogP contribution in [-0.4, -0.2) is 46.4 Å². The second-order valence-electron chi connectivity index (χ2n) is 5.79. The van der Waals surface area contributed by atoms with Crippen molar-refractivity contribution in [3.63, 3.8) is 0 Å². The SMILES string of the molecule is CC(=O)O[C@@]12COC1=C[C@H](O)[C@@](C)(C(=O)[C@@H](C)O)C2C. The van der Waals surface area contributed by atoms with E-state index in [4.69, 9.17) is 9.47 Å². The van der Waals surface area contributed by atoms with Crippen LogP contribution in [0.2, 0.25) is 0 Å². The number of fused-ring (bicyclic) bond motifs is 1. The van der Waals surface area contributed by atoms with Crippen LogP contribution in [0.15, 0.2) is 11.8 Å². The van der Waals surface area contributed by atoms with Crippen molar-refractivity contribution in [3.8, 4) is 0 Å². The molecule has 20 heavy (non-hydrogen) atoms. The van der Waals surface area contributed by atoms with Gasteiger partial charge in [-0.15, -0.1) is 0 Å². The van der Waals surface area contributed by atoms with Gasteiger partial charge in [0.05, 0.1) is 11.5 Å². The summed E-state index contributed by atoms with van der Waals surface area (Å²) in [5.41, 5.74) is -2.26. The number of ether oxygens (including phenoxy) is 2. The van der Waals surface area contributed by atoms with E-state index in [1.165, 1.54) is 19.9 Å². The highest BCUT2D eigenvalue weighted by Crippen LogP contribution is 2.53. The molecule has 0 aromatic heterocycles. The average Bonchev–Trinajstić information content (AvgIpc) is 2.36. The van der Waals surface area contributed by atoms with Crippen molar-refractivity contribution in [1.82, 2.24) is 0 Å². The molecule has 5 atom stereocenters. The quantitative estimate of drug-likeness (QED) is 0.718. The predicted octanol–water partition coefficient (Wildman–Crippen LogP) is 0.169. The number of hydrogen-bond acceptors (Lipinski definition) is 6. The molecule has 0 amide bonds. The number of aliphatic hydroxyl groups is 2. The maximum absolute atomic E-state index is 12.3. The molecule has 1 saturated heterocycles. The van der Waals surface area contributed by atoms with Gasteiger partial charge in [-0.05, 0) is 19.9 Å². The van der Waals surface area contributed by atoms with Crippen LogP contribution >= 0.6 is 0 Å². The lowest BCUT2D eigenvalue weighted by atomic mass is 9.58. The normalized spacial score (nSPS) is 40.6. The minimum atomic E-state index is -1.24. The second kappa shape index (κ2) is 4.56. The van der Waals surface area contributed by atoms with Crippen molar-refractivity contribution in [2.24, 2.45) is 11.3 Å². The zero-order valence-corrected chi connectivity index (χ0v) is 12.0. The minimum Gasteiger partial charge on any atom is -0.489 e. The second-order valence-corrected chi connectivity index (χ2v) is 5.79. The molecule has 0 radical (unpaired) electrons. The van der Waals surface area contributed by atoms with Gasteiger partial charge in [0.2, 0.25) is 5.60 Å². The number of ketones is 1. The van der Waals surface area contributed by atoms with E-state index >= 15 is 0 Å². The smallest absolute Gasteiger partial charge is 0.303 e. The van der Waals surface area contributed by atoms with Crippen LogP contribution in [-0.2, 0) is 19.1 Å². The summed E-state index contributed by atoms with van der Waals surface area (Å²) in [6.07, 6.45) is -0.909. The molecule has 1 fully saturated rings. The molecule has 6 heteroatoms. The molecule has 112 valence electrons. The molecule has 0 bridgehead atoms. The summed E-state index contributed by atoms with van der Waals surface area (Å²) in [5, 5.41) is 19.8. The van der Waals surface area contributed by atoms with E-state index in [-0.39, 0.29) is 6.61 Å². The highest BCUT2D eigenvalue weighted by atomic mass is 16.6. The van der Waals surface area contributed by atoms with Crippen molar-refractivity contribution in [3.05, 3.63) is 11.8 Å². The summed E-state index contributed by atoms with van der Waals surface area (Å²) in [5.74, 6) is -1.09. The predicted molar refractivity (Wildman–Crippen MR) is 68.5 cm³/mol. The van der Waals surface area contributed by atoms with Gasteiger partial charge in [0, 0.05) is 12.8 Å². The Morgan fingerprint density at radius 2 is 2.15 bits per heavy atom. The van der Waals surface area contributed by atoms with E-state index < -0.39 is 40.9 Å². The fourth-order valence-corrected chi connectivity index (χ4v) is 3.12. The number of Topliss-reactive ketones (excluding diaryl/α,β-unsaturated/α-hetero) is 1. The van der Waals surface area contributed by atoms with E-state index in [1.807, 2.05) is 0 Å². The van der Waals surface area contributed by atoms with Gasteiger partial charge in [0.1, 0.15) is 18.5 Å². The minimum absolute atomic E-state index is 0.148. The van der Waals surface area contributed by atoms with E-state index in [1.54, 1.807) is 13.8 Å². The van der Waals surface area contributed by atoms with Crippen LogP contribution in [0, 0.1) is 11.3 Å². The summed E-state index contributed by atoms with van der Waals surface area (Å²) in [6, 6.07) is 0. The monoisotopic (exact) mass is 284 g/mol. The summed E-state index contributed by atoms with van der Waals surface area (Å²) in [7, 11) is 0. The largest absolute Gasteiger partial charge is 0.489 e. The maximum Gasteiger partial charge on any atom is 0.303 e. The molecule has 1 aliphatic heterocycles. The number of esters is 1. The van der Waals surface area contributed by atoms with Crippen LogP contribution in [0.1, 0.15) is 27.7 Å². The third kappa shape index (κ3) is 1.78. The first kappa shape index (κ1) is 15.0. The van der Waals surface area contributed by atoms with Crippen LogP contribution < -0.4 is 0 Å². The third-order valence-corrected chi connectivity index (χ3v) is 4.62. The molecule has 1 unspecified atom stereocenters. The Balaban J connectivity index is 2.47. The molecule has 2 N–H and O–H groups in total. The Labute approximate surface area is 117 Å². The molecule has 0 saturated carbocycles. The third-order valence-electron chi connectivity index (χ3n) is 4.62. The first-order valence-corrected chi connectivity index (χ1v) is 6.61. The van der Waals surface area contributed by atoms with Crippen molar-refractivity contribution in [2.45, 2.75) is 45.5 Å². The van der Waals surface area contributed by atoms with E-state index in [0.29, 0.717) is 5.76 Å². The van der Waals surface area contributed by atoms with Gasteiger partial charge in [-0.2, -0.15) is 0 Å². The molecule has 2 rings (SSSR count). The molecule has 0 spiro atoms. The van der Waals surface area contributed by atoms with Gasteiger partial charge in [0.15, 0.2) is 5.78 Å². The number of carbonyl (C=O) groups excluding carboxylic acids is 2. The van der Waals surface area contributed by atoms with Gasteiger partial charge >= 0.3 is 5.97 Å². The Kier molecular flexibility index (Phi) is 3.42. The Bertz CT molecular complexity index is 482. The van der Waals surface area contributed by atoms with Crippen molar-refractivity contribution in [1.29, 1.82) is 0 Å². The fourth-order valence-electron chi connectivity index (χ4n) is 3.12. The van der Waals surface area contributed by atoms with Gasteiger partial charge in [0.25, 0.3) is 0 Å². The van der Waals surface area contributed by atoms with Gasteiger partial charge in [-0.25, -0.2) is 0 Å². The highest BCUT2D eigenvalue weighted by Gasteiger charge is 2.65. The summed E-state index contributed by atoms with van der Waals surface area (Å²) < 4.78 is 10.6. The number of rotatable bonds is 3. The molecule has 6 nitrogen and oxygen atoms in total. The average molecular weight is 284 g/mol. The molecule has 2 aliphatic rings. The lowest BCUT2D eigenvalue weighted by Crippen LogP contribution is -2.67. The lowest BCUT2D eigenvalue weighted by Gasteiger charge is -2.56. The lowest BCUT2D eigenvalue weighted by molar-refractivity contribution is -0.224. The fraction of sp³-hybridized carbons (Fsp3) is 0.714. The Morgan fingerprint density at radius 3 is 2.55 bits per heavy atom. The highest BCUT2D eigenvalue weighted by molar-refractivity contribution is 5.90. The maximum atomic E-state index is 12.3. The van der Waals surface area contributed by atoms with Gasteiger partial charge in [-0.1, -0.05) is 6.92 Å². The van der Waals surface area contributed by atoms with Crippen LogP contribution in [0.4, 0.5) is 0 Å². The van der Waals surface area contributed by atoms with E-state index in [0.717, 1.165) is 0 Å². The number of hydrogen-bond donors (Lipinski definition) is 2. The molecular formula is C14H20O6. The van der Waals surface area contributed by atoms with Crippen LogP contribution in [0.5, 0.6) is 0 Å². The summed E-state index contributed by atoms with van der Waals surface area (Å²) >= 11 is 0. The standard InChI is InChI=1S/C14H20O6/c1-7(15)12(18)13(4)8(2)14(20-9(3)16)6-19-11(14)5-10(13)17/h5,7-8,10,15,17H,6H2,1-4H3/t7-,8?,10+,13+,14-/m1/s1. The Hall–Kier alpha value is -1.40. The molecule has 0 aromatic rings. The summed E-state index contributed by atoms with van der Waals surface area (Å²) in [6.45, 7) is 6.10. The van der Waals surface area contributed by atoms with Crippen molar-refractivity contribution < 1.29 is 29.3 Å². The van der Waals surface area contributed by atoms with Gasteiger partial charge in [-0.3, -0.25) is 9.59 Å². The first-order valence-electron chi connectivity index (χ1n) is 6.61. The number of carbonyl (C=O) groups is 2. The van der Waals surface area contributed by atoms with Crippen molar-refractivity contribution >= 4 is 11.8 Å². The molecule has 1 heterocycles. The zero-order valence-electron chi connectivity index (χ0n) is 12.0. The van der Waals surface area contributed by atoms with E-state index in [9.17, 15) is 19.8 Å². The molecular weight excluding hydrogens is 264 g/mol. The van der Waals surface area contributed by atoms with Gasteiger partial charge < -0.3 is 19.7 Å². The zero-order chi connectivity index (χ0) is 15.3. The van der Waals surface area contributed by atoms with Crippen LogP contribution in [0.3, 0.4) is 0 Å². The number of aliphatic hydroxyl groups excluding tert-OH is 2. The van der Waals surface area contributed by atoms with Crippen molar-refractivity contribution in [2.75, 3.05) is 6.61 Å². The first-order chi connectivity index (χ1) is 9.16. The topological polar surface area (TPSA) is 93.1 Å². The van der Waals surface area contributed by atoms with Crippen LogP contribution in [0.25, 0.3) is 0 Å². The molecule has 0 aromatic carbocycles.